The van der Waals surface area contributed by atoms with Crippen LogP contribution in [0.5, 0.6) is 0 Å². The van der Waals surface area contributed by atoms with E-state index in [2.05, 4.69) is 21.3 Å². The fraction of sp³-hybridized carbons (Fsp3) is 0.593. The standard InChI is InChI=1S/C27H38N4O6/c1-27(2,3)14-21(24(34)29-20(15-32)13-19-11-12-28-23(19)33)30-25(35)22(18-9-10-18)31-26(36)37-16-17-7-5-4-6-8-17/h4-8,15,18-22H,9-14,16H2,1-3H3,(H,28,33)(H,29,34)(H,30,35)(H,31,36)/t19-,20-,21-,22-/m0/s1. The van der Waals surface area contributed by atoms with Crippen molar-refractivity contribution in [3.05, 3.63) is 35.9 Å². The van der Waals surface area contributed by atoms with Gasteiger partial charge in [-0.25, -0.2) is 4.79 Å². The van der Waals surface area contributed by atoms with Crippen LogP contribution in [0.4, 0.5) is 4.79 Å². The van der Waals surface area contributed by atoms with Gasteiger partial charge in [0.15, 0.2) is 0 Å². The van der Waals surface area contributed by atoms with E-state index in [1.807, 2.05) is 51.1 Å². The zero-order valence-corrected chi connectivity index (χ0v) is 21.8. The summed E-state index contributed by atoms with van der Waals surface area (Å²) in [4.78, 5) is 62.4. The highest BCUT2D eigenvalue weighted by atomic mass is 16.5. The van der Waals surface area contributed by atoms with E-state index in [9.17, 15) is 24.0 Å². The molecule has 1 saturated heterocycles. The van der Waals surface area contributed by atoms with Crippen LogP contribution < -0.4 is 21.3 Å². The number of hydrogen-bond donors (Lipinski definition) is 4. The summed E-state index contributed by atoms with van der Waals surface area (Å²) in [6, 6.07) is 6.62. The van der Waals surface area contributed by atoms with Gasteiger partial charge in [0.1, 0.15) is 25.0 Å². The molecule has 1 saturated carbocycles. The van der Waals surface area contributed by atoms with Crippen LogP contribution in [-0.2, 0) is 30.5 Å². The summed E-state index contributed by atoms with van der Waals surface area (Å²) in [5.41, 5.74) is 0.515. The molecule has 1 heterocycles. The van der Waals surface area contributed by atoms with Crippen molar-refractivity contribution in [3.63, 3.8) is 0 Å². The number of aldehydes is 1. The largest absolute Gasteiger partial charge is 0.445 e. The predicted molar refractivity (Wildman–Crippen MR) is 136 cm³/mol. The minimum Gasteiger partial charge on any atom is -0.445 e. The third-order valence-corrected chi connectivity index (χ3v) is 6.50. The summed E-state index contributed by atoms with van der Waals surface area (Å²) < 4.78 is 5.28. The summed E-state index contributed by atoms with van der Waals surface area (Å²) in [7, 11) is 0. The van der Waals surface area contributed by atoms with E-state index in [4.69, 9.17) is 4.74 Å². The zero-order valence-electron chi connectivity index (χ0n) is 21.8. The Labute approximate surface area is 217 Å². The molecule has 2 fully saturated rings. The van der Waals surface area contributed by atoms with Crippen LogP contribution >= 0.6 is 0 Å². The Bertz CT molecular complexity index is 973. The zero-order chi connectivity index (χ0) is 27.0. The third-order valence-electron chi connectivity index (χ3n) is 6.50. The molecule has 1 aliphatic heterocycles. The highest BCUT2D eigenvalue weighted by Crippen LogP contribution is 2.33. The monoisotopic (exact) mass is 514 g/mol. The first-order valence-electron chi connectivity index (χ1n) is 12.9. The van der Waals surface area contributed by atoms with Crippen LogP contribution in [-0.4, -0.2) is 54.8 Å². The topological polar surface area (TPSA) is 143 Å². The van der Waals surface area contributed by atoms with E-state index >= 15 is 0 Å². The number of nitrogens with one attached hydrogen (secondary N) is 4. The summed E-state index contributed by atoms with van der Waals surface area (Å²) in [6.45, 7) is 6.45. The van der Waals surface area contributed by atoms with Gasteiger partial charge in [0.25, 0.3) is 0 Å². The molecule has 4 amide bonds. The van der Waals surface area contributed by atoms with Gasteiger partial charge in [0, 0.05) is 12.5 Å². The smallest absolute Gasteiger partial charge is 0.408 e. The van der Waals surface area contributed by atoms with E-state index in [1.54, 1.807) is 0 Å². The lowest BCUT2D eigenvalue weighted by atomic mass is 9.87. The molecule has 3 rings (SSSR count). The molecular formula is C27H38N4O6. The molecule has 1 aromatic carbocycles. The van der Waals surface area contributed by atoms with Crippen molar-refractivity contribution in [1.82, 2.24) is 21.3 Å². The number of alkyl carbamates (subject to hydrolysis) is 1. The molecule has 1 aromatic rings. The highest BCUT2D eigenvalue weighted by molar-refractivity contribution is 5.92. The fourth-order valence-electron chi connectivity index (χ4n) is 4.41. The van der Waals surface area contributed by atoms with E-state index in [0.717, 1.165) is 18.4 Å². The van der Waals surface area contributed by atoms with Crippen LogP contribution in [0, 0.1) is 17.3 Å². The van der Waals surface area contributed by atoms with Gasteiger partial charge >= 0.3 is 6.09 Å². The van der Waals surface area contributed by atoms with E-state index < -0.39 is 36.0 Å². The average molecular weight is 515 g/mol. The lowest BCUT2D eigenvalue weighted by molar-refractivity contribution is -0.132. The Morgan fingerprint density at radius 1 is 1.05 bits per heavy atom. The summed E-state index contributed by atoms with van der Waals surface area (Å²) in [5.74, 6) is -1.47. The van der Waals surface area contributed by atoms with Crippen molar-refractivity contribution < 1.29 is 28.7 Å². The first kappa shape index (κ1) is 28.1. The Hall–Kier alpha value is -3.43. The molecular weight excluding hydrogens is 476 g/mol. The average Bonchev–Trinajstić information content (AvgIpc) is 3.61. The lowest BCUT2D eigenvalue weighted by Crippen LogP contribution is -2.56. The molecule has 4 N–H and O–H groups in total. The highest BCUT2D eigenvalue weighted by Gasteiger charge is 2.40. The fourth-order valence-corrected chi connectivity index (χ4v) is 4.41. The third kappa shape index (κ3) is 9.18. The van der Waals surface area contributed by atoms with Gasteiger partial charge in [-0.15, -0.1) is 0 Å². The Morgan fingerprint density at radius 3 is 2.32 bits per heavy atom. The van der Waals surface area contributed by atoms with Gasteiger partial charge in [-0.1, -0.05) is 51.1 Å². The maximum Gasteiger partial charge on any atom is 0.408 e. The molecule has 0 unspecified atom stereocenters. The van der Waals surface area contributed by atoms with E-state index in [-0.39, 0.29) is 36.2 Å². The summed E-state index contributed by atoms with van der Waals surface area (Å²) in [6.07, 6.45) is 2.61. The van der Waals surface area contributed by atoms with Crippen molar-refractivity contribution in [1.29, 1.82) is 0 Å². The van der Waals surface area contributed by atoms with E-state index in [1.165, 1.54) is 0 Å². The van der Waals surface area contributed by atoms with Crippen molar-refractivity contribution in [2.75, 3.05) is 6.54 Å². The van der Waals surface area contributed by atoms with Crippen LogP contribution in [0.2, 0.25) is 0 Å². The number of carbonyl (C=O) groups excluding carboxylic acids is 5. The van der Waals surface area contributed by atoms with Gasteiger partial charge in [0.2, 0.25) is 17.7 Å². The number of carbonyl (C=O) groups is 5. The van der Waals surface area contributed by atoms with Gasteiger partial charge in [0.05, 0.1) is 6.04 Å². The van der Waals surface area contributed by atoms with Crippen molar-refractivity contribution in [3.8, 4) is 0 Å². The molecule has 37 heavy (non-hydrogen) atoms. The maximum atomic E-state index is 13.2. The van der Waals surface area contributed by atoms with Gasteiger partial charge in [-0.3, -0.25) is 14.4 Å². The molecule has 2 aliphatic rings. The first-order valence-corrected chi connectivity index (χ1v) is 12.9. The second-order valence-corrected chi connectivity index (χ2v) is 11.1. The van der Waals surface area contributed by atoms with E-state index in [0.29, 0.717) is 25.7 Å². The molecule has 0 aromatic heterocycles. The SMILES string of the molecule is CC(C)(C)C[C@H](NC(=O)[C@@H](NC(=O)OCc1ccccc1)C1CC1)C(=O)N[C@H](C=O)C[C@@H]1CCNC1=O. The summed E-state index contributed by atoms with van der Waals surface area (Å²) in [5, 5.41) is 10.9. The Morgan fingerprint density at radius 2 is 1.76 bits per heavy atom. The summed E-state index contributed by atoms with van der Waals surface area (Å²) >= 11 is 0. The normalized spacial score (nSPS) is 19.6. The lowest BCUT2D eigenvalue weighted by Gasteiger charge is -2.29. The molecule has 202 valence electrons. The number of ether oxygens (including phenoxy) is 1. The molecule has 0 spiro atoms. The number of rotatable bonds is 12. The number of benzene rings is 1. The van der Waals surface area contributed by atoms with Gasteiger partial charge in [-0.05, 0) is 49.0 Å². The van der Waals surface area contributed by atoms with Gasteiger partial charge in [-0.2, -0.15) is 0 Å². The van der Waals surface area contributed by atoms with Crippen molar-refractivity contribution in [2.24, 2.45) is 17.3 Å². The van der Waals surface area contributed by atoms with Crippen LogP contribution in [0.25, 0.3) is 0 Å². The minimum absolute atomic E-state index is 0.0359. The molecule has 4 atom stereocenters. The quantitative estimate of drug-likeness (QED) is 0.314. The maximum absolute atomic E-state index is 13.2. The van der Waals surface area contributed by atoms with Crippen LogP contribution in [0.15, 0.2) is 30.3 Å². The van der Waals surface area contributed by atoms with Crippen LogP contribution in [0.3, 0.4) is 0 Å². The van der Waals surface area contributed by atoms with Crippen molar-refractivity contribution >= 4 is 30.1 Å². The minimum atomic E-state index is -0.921. The number of hydrogen-bond acceptors (Lipinski definition) is 6. The number of amides is 4. The van der Waals surface area contributed by atoms with Gasteiger partial charge < -0.3 is 30.8 Å². The second-order valence-electron chi connectivity index (χ2n) is 11.1. The molecule has 0 bridgehead atoms. The molecule has 10 nitrogen and oxygen atoms in total. The van der Waals surface area contributed by atoms with Crippen LogP contribution in [0.1, 0.15) is 58.4 Å². The Kier molecular flexibility index (Phi) is 9.66. The molecule has 0 radical (unpaired) electrons. The van der Waals surface area contributed by atoms with Crippen molar-refractivity contribution in [2.45, 2.75) is 77.6 Å². The predicted octanol–water partition coefficient (Wildman–Crippen LogP) is 1.82. The second kappa shape index (κ2) is 12.7. The molecule has 1 aliphatic carbocycles. The molecule has 10 heteroatoms. The Balaban J connectivity index is 1.61. The first-order chi connectivity index (χ1) is 17.6.